The smallest absolute Gasteiger partial charge is 0.438 e. The maximum atomic E-state index is 13.2. The molecular formula is C19H19N6O7P. The SMILES string of the molecule is Nc1nc(N)c2ncn([C@@H]3O[C@@]45CO[C@@H]3[C@@H]4OP(=O)(C(=O)OCc3ccccc3)OC5)c2n1. The highest BCUT2D eigenvalue weighted by Gasteiger charge is 2.69. The van der Waals surface area contributed by atoms with Crippen LogP contribution in [-0.2, 0) is 34.4 Å². The second-order valence-electron chi connectivity index (χ2n) is 7.98. The lowest BCUT2D eigenvalue weighted by molar-refractivity contribution is -0.187. The summed E-state index contributed by atoms with van der Waals surface area (Å²) in [6.07, 6.45) is -0.821. The quantitative estimate of drug-likeness (QED) is 0.523. The molecular weight excluding hydrogens is 455 g/mol. The van der Waals surface area contributed by atoms with Gasteiger partial charge in [0, 0.05) is 0 Å². The van der Waals surface area contributed by atoms with E-state index in [2.05, 4.69) is 15.0 Å². The third kappa shape index (κ3) is 3.12. The van der Waals surface area contributed by atoms with Gasteiger partial charge < -0.3 is 25.7 Å². The van der Waals surface area contributed by atoms with Gasteiger partial charge in [-0.05, 0) is 5.56 Å². The normalized spacial score (nSPS) is 32.7. The van der Waals surface area contributed by atoms with E-state index >= 15 is 0 Å². The minimum atomic E-state index is -4.23. The number of ether oxygens (including phenoxy) is 3. The Hall–Kier alpha value is -3.09. The summed E-state index contributed by atoms with van der Waals surface area (Å²) in [6, 6.07) is 9.01. The highest BCUT2D eigenvalue weighted by molar-refractivity contribution is 7.71. The molecule has 33 heavy (non-hydrogen) atoms. The number of fused-ring (bicyclic) bond motifs is 1. The summed E-state index contributed by atoms with van der Waals surface area (Å²) in [7, 11) is -4.23. The average molecular weight is 474 g/mol. The summed E-state index contributed by atoms with van der Waals surface area (Å²) in [6.45, 7) is -0.0904. The van der Waals surface area contributed by atoms with Crippen LogP contribution in [0.4, 0.5) is 16.6 Å². The van der Waals surface area contributed by atoms with E-state index in [1.165, 1.54) is 6.33 Å². The van der Waals surface area contributed by atoms with Crippen LogP contribution in [0.2, 0.25) is 0 Å². The molecule has 6 rings (SSSR count). The van der Waals surface area contributed by atoms with E-state index in [0.717, 1.165) is 5.56 Å². The summed E-state index contributed by atoms with van der Waals surface area (Å²) in [4.78, 5) is 24.9. The Morgan fingerprint density at radius 1 is 1.24 bits per heavy atom. The van der Waals surface area contributed by atoms with Crippen molar-refractivity contribution in [1.29, 1.82) is 0 Å². The van der Waals surface area contributed by atoms with E-state index in [-0.39, 0.29) is 31.6 Å². The van der Waals surface area contributed by atoms with E-state index in [1.54, 1.807) is 28.8 Å². The number of rotatable bonds is 4. The van der Waals surface area contributed by atoms with Gasteiger partial charge >= 0.3 is 13.3 Å². The zero-order valence-electron chi connectivity index (χ0n) is 17.1. The van der Waals surface area contributed by atoms with Crippen LogP contribution >= 0.6 is 7.60 Å². The number of aromatic nitrogens is 4. The molecule has 3 fully saturated rings. The number of carbonyl (C=O) groups excluding carboxylic acids is 1. The van der Waals surface area contributed by atoms with Gasteiger partial charge in [-0.3, -0.25) is 13.6 Å². The zero-order chi connectivity index (χ0) is 22.8. The Morgan fingerprint density at radius 2 is 2.06 bits per heavy atom. The van der Waals surface area contributed by atoms with Crippen molar-refractivity contribution in [3.05, 3.63) is 42.2 Å². The fourth-order valence-electron chi connectivity index (χ4n) is 4.29. The fraction of sp³-hybridized carbons (Fsp3) is 0.368. The highest BCUT2D eigenvalue weighted by atomic mass is 31.2. The minimum absolute atomic E-state index is 0.0216. The summed E-state index contributed by atoms with van der Waals surface area (Å²) in [5.41, 5.74) is 10.9. The summed E-state index contributed by atoms with van der Waals surface area (Å²) in [5.74, 6) is 0.104. The first-order chi connectivity index (χ1) is 15.9. The second kappa shape index (κ2) is 7.20. The molecule has 0 aliphatic carbocycles. The van der Waals surface area contributed by atoms with Crippen LogP contribution in [0, 0.1) is 0 Å². The standard InChI is InChI=1S/C19H19N6O7P/c20-14-11-15(24-17(21)23-14)25(9-22-11)16-12-13-19(31-16,7-29-12)8-30-33(27,32-13)18(26)28-6-10-4-2-1-3-5-10/h1-5,9,12-13,16H,6-8H2,(H4,20,21,23,24)/t12-,13+,16-,19-,33?/m1/s1. The van der Waals surface area contributed by atoms with Crippen molar-refractivity contribution in [3.63, 3.8) is 0 Å². The largest absolute Gasteiger partial charge is 0.452 e. The predicted octanol–water partition coefficient (Wildman–Crippen LogP) is 1.60. The molecule has 3 saturated heterocycles. The van der Waals surface area contributed by atoms with E-state index in [9.17, 15) is 9.36 Å². The number of benzene rings is 1. The molecule has 3 aliphatic rings. The molecule has 172 valence electrons. The molecule has 0 amide bonds. The van der Waals surface area contributed by atoms with Crippen molar-refractivity contribution >= 4 is 36.2 Å². The first-order valence-electron chi connectivity index (χ1n) is 10.1. The van der Waals surface area contributed by atoms with Crippen LogP contribution in [0.25, 0.3) is 11.2 Å². The molecule has 5 atom stereocenters. The zero-order valence-corrected chi connectivity index (χ0v) is 18.0. The Balaban J connectivity index is 1.25. The average Bonchev–Trinajstić information content (AvgIpc) is 3.48. The third-order valence-corrected chi connectivity index (χ3v) is 7.42. The number of hydrogen-bond donors (Lipinski definition) is 2. The van der Waals surface area contributed by atoms with Gasteiger partial charge in [-0.1, -0.05) is 30.3 Å². The summed E-state index contributed by atoms with van der Waals surface area (Å²) < 4.78 is 43.2. The van der Waals surface area contributed by atoms with Crippen LogP contribution in [0.15, 0.2) is 36.7 Å². The van der Waals surface area contributed by atoms with E-state index in [4.69, 9.17) is 34.7 Å². The molecule has 0 spiro atoms. The van der Waals surface area contributed by atoms with Gasteiger partial charge in [0.15, 0.2) is 17.7 Å². The monoisotopic (exact) mass is 474 g/mol. The molecule has 1 aromatic carbocycles. The molecule has 14 heteroatoms. The molecule has 3 aliphatic heterocycles. The molecule has 5 heterocycles. The molecule has 2 aromatic heterocycles. The van der Waals surface area contributed by atoms with Crippen molar-refractivity contribution in [3.8, 4) is 0 Å². The third-order valence-electron chi connectivity index (χ3n) is 5.87. The molecule has 1 unspecified atom stereocenters. The topological polar surface area (TPSA) is 176 Å². The number of anilines is 2. The maximum Gasteiger partial charge on any atom is 0.438 e. The molecule has 13 nitrogen and oxygen atoms in total. The van der Waals surface area contributed by atoms with Crippen molar-refractivity contribution in [2.45, 2.75) is 30.6 Å². The summed E-state index contributed by atoms with van der Waals surface area (Å²) >= 11 is 0. The number of carbonyl (C=O) groups is 1. The molecule has 0 radical (unpaired) electrons. The van der Waals surface area contributed by atoms with Crippen LogP contribution in [0.1, 0.15) is 11.8 Å². The minimum Gasteiger partial charge on any atom is -0.452 e. The van der Waals surface area contributed by atoms with Crippen molar-refractivity contribution in [2.75, 3.05) is 24.7 Å². The van der Waals surface area contributed by atoms with Crippen molar-refractivity contribution in [1.82, 2.24) is 19.5 Å². The van der Waals surface area contributed by atoms with E-state index in [1.807, 2.05) is 6.07 Å². The maximum absolute atomic E-state index is 13.2. The van der Waals surface area contributed by atoms with Gasteiger partial charge in [0.2, 0.25) is 5.95 Å². The fourth-order valence-corrected chi connectivity index (χ4v) is 5.76. The van der Waals surface area contributed by atoms with Crippen LogP contribution in [0.5, 0.6) is 0 Å². The van der Waals surface area contributed by atoms with Crippen molar-refractivity contribution in [2.24, 2.45) is 0 Å². The molecule has 2 bridgehead atoms. The first-order valence-corrected chi connectivity index (χ1v) is 11.6. The Kier molecular flexibility index (Phi) is 4.48. The van der Waals surface area contributed by atoms with Gasteiger partial charge in [-0.25, -0.2) is 14.3 Å². The van der Waals surface area contributed by atoms with Crippen LogP contribution in [-0.4, -0.2) is 56.3 Å². The van der Waals surface area contributed by atoms with Gasteiger partial charge in [-0.2, -0.15) is 9.97 Å². The molecule has 0 saturated carbocycles. The van der Waals surface area contributed by atoms with Gasteiger partial charge in [-0.15, -0.1) is 0 Å². The lowest BCUT2D eigenvalue weighted by atomic mass is 10.0. The number of nitrogens with two attached hydrogens (primary N) is 2. The van der Waals surface area contributed by atoms with Crippen LogP contribution in [0.3, 0.4) is 0 Å². The lowest BCUT2D eigenvalue weighted by Gasteiger charge is -2.36. The molecule has 4 N–H and O–H groups in total. The number of hydrogen-bond acceptors (Lipinski definition) is 12. The van der Waals surface area contributed by atoms with Gasteiger partial charge in [0.05, 0.1) is 19.5 Å². The van der Waals surface area contributed by atoms with Gasteiger partial charge in [0.1, 0.15) is 29.9 Å². The van der Waals surface area contributed by atoms with Gasteiger partial charge in [0.25, 0.3) is 0 Å². The van der Waals surface area contributed by atoms with Crippen LogP contribution < -0.4 is 11.5 Å². The number of nitrogens with zero attached hydrogens (tertiary/aromatic N) is 4. The number of imidazole rings is 1. The second-order valence-corrected chi connectivity index (χ2v) is 9.81. The predicted molar refractivity (Wildman–Crippen MR) is 112 cm³/mol. The lowest BCUT2D eigenvalue weighted by Crippen LogP contribution is -2.49. The Labute approximate surface area is 186 Å². The highest BCUT2D eigenvalue weighted by Crippen LogP contribution is 2.62. The first kappa shape index (κ1) is 20.5. The van der Waals surface area contributed by atoms with E-state index < -0.39 is 37.3 Å². The Morgan fingerprint density at radius 3 is 2.88 bits per heavy atom. The summed E-state index contributed by atoms with van der Waals surface area (Å²) in [5, 5.41) is 0. The Bertz CT molecular complexity index is 1300. The van der Waals surface area contributed by atoms with E-state index in [0.29, 0.717) is 11.2 Å². The van der Waals surface area contributed by atoms with Crippen molar-refractivity contribution < 1.29 is 32.6 Å². The number of nitrogen functional groups attached to an aromatic ring is 2. The molecule has 3 aromatic rings.